The summed E-state index contributed by atoms with van der Waals surface area (Å²) >= 11 is 3.45. The van der Waals surface area contributed by atoms with Crippen molar-refractivity contribution in [2.45, 2.75) is 20.4 Å². The minimum Gasteiger partial charge on any atom is -0.478 e. The van der Waals surface area contributed by atoms with Crippen LogP contribution in [0.25, 0.3) is 0 Å². The highest BCUT2D eigenvalue weighted by atomic mass is 79.9. The molecule has 5 heteroatoms. The maximum atomic E-state index is 5.40. The molecule has 0 atom stereocenters. The van der Waals surface area contributed by atoms with Gasteiger partial charge < -0.3 is 10.1 Å². The van der Waals surface area contributed by atoms with Gasteiger partial charge in [-0.3, -0.25) is 0 Å². The SMILES string of the molecule is CCOc1cc(C)nc(NCc2cccc(Br)c2)n1. The Balaban J connectivity index is 2.06. The van der Waals surface area contributed by atoms with Gasteiger partial charge in [-0.15, -0.1) is 0 Å². The molecular weight excluding hydrogens is 306 g/mol. The molecule has 0 saturated heterocycles. The number of hydrogen-bond acceptors (Lipinski definition) is 4. The van der Waals surface area contributed by atoms with Crippen molar-refractivity contribution in [3.05, 3.63) is 46.1 Å². The molecule has 1 N–H and O–H groups in total. The van der Waals surface area contributed by atoms with Crippen molar-refractivity contribution in [3.63, 3.8) is 0 Å². The Morgan fingerprint density at radius 3 is 2.84 bits per heavy atom. The van der Waals surface area contributed by atoms with Crippen LogP contribution in [0.2, 0.25) is 0 Å². The van der Waals surface area contributed by atoms with Gasteiger partial charge in [-0.05, 0) is 31.5 Å². The van der Waals surface area contributed by atoms with Crippen LogP contribution in [0, 0.1) is 6.92 Å². The van der Waals surface area contributed by atoms with Gasteiger partial charge in [-0.1, -0.05) is 28.1 Å². The molecule has 0 radical (unpaired) electrons. The van der Waals surface area contributed by atoms with E-state index in [1.54, 1.807) is 0 Å². The lowest BCUT2D eigenvalue weighted by Gasteiger charge is -2.08. The molecule has 0 bridgehead atoms. The van der Waals surface area contributed by atoms with Crippen LogP contribution >= 0.6 is 15.9 Å². The second kappa shape index (κ2) is 6.52. The van der Waals surface area contributed by atoms with Gasteiger partial charge in [-0.25, -0.2) is 4.98 Å². The van der Waals surface area contributed by atoms with E-state index in [2.05, 4.69) is 43.3 Å². The van der Waals surface area contributed by atoms with Gasteiger partial charge in [0.25, 0.3) is 0 Å². The maximum Gasteiger partial charge on any atom is 0.226 e. The van der Waals surface area contributed by atoms with Gasteiger partial charge in [0.2, 0.25) is 11.8 Å². The topological polar surface area (TPSA) is 47.0 Å². The lowest BCUT2D eigenvalue weighted by atomic mass is 10.2. The molecule has 1 aromatic carbocycles. The largest absolute Gasteiger partial charge is 0.478 e. The molecule has 0 spiro atoms. The minimum absolute atomic E-state index is 0.587. The van der Waals surface area contributed by atoms with Crippen LogP contribution in [0.4, 0.5) is 5.95 Å². The van der Waals surface area contributed by atoms with Crippen LogP contribution in [0.15, 0.2) is 34.8 Å². The summed E-state index contributed by atoms with van der Waals surface area (Å²) in [4.78, 5) is 8.64. The zero-order valence-corrected chi connectivity index (χ0v) is 12.6. The van der Waals surface area contributed by atoms with Crippen LogP contribution in [0.3, 0.4) is 0 Å². The Morgan fingerprint density at radius 2 is 2.11 bits per heavy atom. The Morgan fingerprint density at radius 1 is 1.26 bits per heavy atom. The molecule has 0 aliphatic heterocycles. The number of hydrogen-bond donors (Lipinski definition) is 1. The van der Waals surface area contributed by atoms with Gasteiger partial charge in [0.15, 0.2) is 0 Å². The third kappa shape index (κ3) is 4.21. The quantitative estimate of drug-likeness (QED) is 0.914. The number of halogens is 1. The molecule has 0 amide bonds. The minimum atomic E-state index is 0.587. The predicted molar refractivity (Wildman–Crippen MR) is 79.4 cm³/mol. The van der Waals surface area contributed by atoms with E-state index in [4.69, 9.17) is 4.74 Å². The van der Waals surface area contributed by atoms with Gasteiger partial charge in [0.1, 0.15) is 0 Å². The normalized spacial score (nSPS) is 10.3. The number of anilines is 1. The summed E-state index contributed by atoms with van der Waals surface area (Å²) in [7, 11) is 0. The number of benzene rings is 1. The first-order valence-corrected chi connectivity index (χ1v) is 6.93. The van der Waals surface area contributed by atoms with E-state index in [0.29, 0.717) is 25.0 Å². The first-order valence-electron chi connectivity index (χ1n) is 6.14. The molecule has 2 aromatic rings. The van der Waals surface area contributed by atoms with E-state index < -0.39 is 0 Å². The summed E-state index contributed by atoms with van der Waals surface area (Å²) in [6, 6.07) is 9.95. The Kier molecular flexibility index (Phi) is 4.74. The number of ether oxygens (including phenoxy) is 1. The molecule has 19 heavy (non-hydrogen) atoms. The number of aromatic nitrogens is 2. The van der Waals surface area contributed by atoms with E-state index in [0.717, 1.165) is 15.7 Å². The van der Waals surface area contributed by atoms with Crippen molar-refractivity contribution in [2.24, 2.45) is 0 Å². The van der Waals surface area contributed by atoms with E-state index in [1.807, 2.05) is 32.0 Å². The Bertz CT molecular complexity index is 560. The van der Waals surface area contributed by atoms with Gasteiger partial charge in [-0.2, -0.15) is 4.98 Å². The molecule has 2 rings (SSSR count). The third-order valence-corrected chi connectivity index (χ3v) is 2.96. The molecular formula is C14H16BrN3O. The highest BCUT2D eigenvalue weighted by Gasteiger charge is 2.03. The number of nitrogens with one attached hydrogen (secondary N) is 1. The van der Waals surface area contributed by atoms with Crippen molar-refractivity contribution in [1.82, 2.24) is 9.97 Å². The van der Waals surface area contributed by atoms with Crippen LogP contribution in [0.5, 0.6) is 5.88 Å². The summed E-state index contributed by atoms with van der Waals surface area (Å²) in [5.74, 6) is 1.19. The molecule has 0 aliphatic carbocycles. The first kappa shape index (κ1) is 13.8. The summed E-state index contributed by atoms with van der Waals surface area (Å²) in [6.07, 6.45) is 0. The number of rotatable bonds is 5. The van der Waals surface area contributed by atoms with Crippen LogP contribution in [0.1, 0.15) is 18.2 Å². The van der Waals surface area contributed by atoms with E-state index in [9.17, 15) is 0 Å². The van der Waals surface area contributed by atoms with Gasteiger partial charge in [0, 0.05) is 22.8 Å². The van der Waals surface area contributed by atoms with Crippen molar-refractivity contribution < 1.29 is 4.74 Å². The van der Waals surface area contributed by atoms with Crippen LogP contribution in [-0.4, -0.2) is 16.6 Å². The zero-order chi connectivity index (χ0) is 13.7. The van der Waals surface area contributed by atoms with Crippen molar-refractivity contribution >= 4 is 21.9 Å². The fourth-order valence-corrected chi connectivity index (χ4v) is 2.12. The molecule has 0 aliphatic rings. The summed E-state index contributed by atoms with van der Waals surface area (Å²) < 4.78 is 6.46. The lowest BCUT2D eigenvalue weighted by Crippen LogP contribution is -2.06. The van der Waals surface area contributed by atoms with E-state index in [1.165, 1.54) is 0 Å². The second-order valence-corrected chi connectivity index (χ2v) is 5.00. The van der Waals surface area contributed by atoms with Gasteiger partial charge >= 0.3 is 0 Å². The first-order chi connectivity index (χ1) is 9.17. The second-order valence-electron chi connectivity index (χ2n) is 4.09. The Hall–Kier alpha value is -1.62. The fraction of sp³-hybridized carbons (Fsp3) is 0.286. The predicted octanol–water partition coefficient (Wildman–Crippen LogP) is 3.56. The molecule has 100 valence electrons. The highest BCUT2D eigenvalue weighted by Crippen LogP contribution is 2.15. The summed E-state index contributed by atoms with van der Waals surface area (Å²) in [6.45, 7) is 5.14. The molecule has 4 nitrogen and oxygen atoms in total. The average molecular weight is 322 g/mol. The molecule has 1 aromatic heterocycles. The van der Waals surface area contributed by atoms with E-state index >= 15 is 0 Å². The fourth-order valence-electron chi connectivity index (χ4n) is 1.67. The van der Waals surface area contributed by atoms with Crippen molar-refractivity contribution in [2.75, 3.05) is 11.9 Å². The molecule has 0 fully saturated rings. The molecule has 1 heterocycles. The highest BCUT2D eigenvalue weighted by molar-refractivity contribution is 9.10. The molecule has 0 saturated carbocycles. The average Bonchev–Trinajstić information content (AvgIpc) is 2.36. The van der Waals surface area contributed by atoms with Crippen LogP contribution in [-0.2, 0) is 6.54 Å². The third-order valence-electron chi connectivity index (χ3n) is 2.46. The smallest absolute Gasteiger partial charge is 0.226 e. The van der Waals surface area contributed by atoms with Crippen LogP contribution < -0.4 is 10.1 Å². The maximum absolute atomic E-state index is 5.40. The zero-order valence-electron chi connectivity index (χ0n) is 11.0. The van der Waals surface area contributed by atoms with E-state index in [-0.39, 0.29) is 0 Å². The number of aryl methyl sites for hydroxylation is 1. The van der Waals surface area contributed by atoms with Crippen molar-refractivity contribution in [3.8, 4) is 5.88 Å². The van der Waals surface area contributed by atoms with Crippen molar-refractivity contribution in [1.29, 1.82) is 0 Å². The monoisotopic (exact) mass is 321 g/mol. The Labute approximate surface area is 121 Å². The van der Waals surface area contributed by atoms with Gasteiger partial charge in [0.05, 0.1) is 6.61 Å². The standard InChI is InChI=1S/C14H16BrN3O/c1-3-19-13-7-10(2)17-14(18-13)16-9-11-5-4-6-12(15)8-11/h4-8H,3,9H2,1-2H3,(H,16,17,18). The summed E-state index contributed by atoms with van der Waals surface area (Å²) in [5.41, 5.74) is 2.05. The number of nitrogens with zero attached hydrogens (tertiary/aromatic N) is 2. The lowest BCUT2D eigenvalue weighted by molar-refractivity contribution is 0.326. The summed E-state index contributed by atoms with van der Waals surface area (Å²) in [5, 5.41) is 3.20. The molecule has 0 unspecified atom stereocenters.